The molecule has 0 unspecified atom stereocenters. The van der Waals surface area contributed by atoms with Crippen molar-refractivity contribution in [2.24, 2.45) is 0 Å². The van der Waals surface area contributed by atoms with Crippen LogP contribution in [0.15, 0.2) is 15.7 Å². The van der Waals surface area contributed by atoms with E-state index in [2.05, 4.69) is 4.98 Å². The maximum absolute atomic E-state index is 12.8. The van der Waals surface area contributed by atoms with Gasteiger partial charge in [0, 0.05) is 39.9 Å². The Kier molecular flexibility index (Phi) is 7.97. The highest BCUT2D eigenvalue weighted by Gasteiger charge is 2.51. The van der Waals surface area contributed by atoms with Crippen LogP contribution in [0, 0.1) is 0 Å². The molecule has 0 aromatic carbocycles. The second-order valence-electron chi connectivity index (χ2n) is 6.86. The molecular formula is C19H27N3O9. The van der Waals surface area contributed by atoms with Crippen LogP contribution in [0.2, 0.25) is 0 Å². The van der Waals surface area contributed by atoms with E-state index in [1.807, 2.05) is 13.8 Å². The molecule has 12 nitrogen and oxygen atoms in total. The van der Waals surface area contributed by atoms with Crippen LogP contribution < -0.4 is 16.1 Å². The highest BCUT2D eigenvalue weighted by atomic mass is 16.7. The van der Waals surface area contributed by atoms with Crippen molar-refractivity contribution in [1.82, 2.24) is 9.55 Å². The van der Waals surface area contributed by atoms with Gasteiger partial charge in [-0.05, 0) is 13.8 Å². The van der Waals surface area contributed by atoms with Crippen LogP contribution in [0.4, 0.5) is 5.82 Å². The van der Waals surface area contributed by atoms with E-state index in [0.29, 0.717) is 13.1 Å². The largest absolute Gasteiger partial charge is 0.463 e. The lowest BCUT2D eigenvalue weighted by atomic mass is 10.1. The predicted octanol–water partition coefficient (Wildman–Crippen LogP) is -0.293. The Morgan fingerprint density at radius 1 is 1.03 bits per heavy atom. The second-order valence-corrected chi connectivity index (χ2v) is 6.86. The Morgan fingerprint density at radius 2 is 1.61 bits per heavy atom. The van der Waals surface area contributed by atoms with Gasteiger partial charge in [0.1, 0.15) is 18.5 Å². The van der Waals surface area contributed by atoms with Gasteiger partial charge in [-0.1, -0.05) is 0 Å². The third-order valence-corrected chi connectivity index (χ3v) is 4.64. The molecule has 0 spiro atoms. The van der Waals surface area contributed by atoms with Crippen LogP contribution in [0.25, 0.3) is 0 Å². The lowest BCUT2D eigenvalue weighted by molar-refractivity contribution is -0.166. The molecule has 1 aliphatic rings. The third kappa shape index (κ3) is 5.72. The molecule has 1 aromatic heterocycles. The summed E-state index contributed by atoms with van der Waals surface area (Å²) in [7, 11) is 0. The van der Waals surface area contributed by atoms with Gasteiger partial charge in [-0.3, -0.25) is 24.2 Å². The monoisotopic (exact) mass is 441 g/mol. The zero-order valence-electron chi connectivity index (χ0n) is 18.1. The van der Waals surface area contributed by atoms with Crippen molar-refractivity contribution in [2.75, 3.05) is 24.6 Å². The molecule has 0 amide bonds. The Labute approximate surface area is 178 Å². The highest BCUT2D eigenvalue weighted by Crippen LogP contribution is 2.35. The van der Waals surface area contributed by atoms with Gasteiger partial charge in [0.15, 0.2) is 18.4 Å². The first kappa shape index (κ1) is 24.1. The number of carbonyl (C=O) groups excluding carboxylic acids is 3. The molecule has 31 heavy (non-hydrogen) atoms. The molecule has 0 saturated carbocycles. The van der Waals surface area contributed by atoms with Crippen molar-refractivity contribution < 1.29 is 33.3 Å². The predicted molar refractivity (Wildman–Crippen MR) is 107 cm³/mol. The van der Waals surface area contributed by atoms with Crippen molar-refractivity contribution >= 4 is 23.7 Å². The number of nitrogens with one attached hydrogen (secondary N) is 1. The van der Waals surface area contributed by atoms with E-state index in [-0.39, 0.29) is 12.4 Å². The van der Waals surface area contributed by atoms with Crippen LogP contribution in [-0.2, 0) is 33.3 Å². The van der Waals surface area contributed by atoms with E-state index in [1.54, 1.807) is 4.90 Å². The molecule has 4 atom stereocenters. The molecule has 2 rings (SSSR count). The molecule has 0 bridgehead atoms. The molecule has 1 fully saturated rings. The molecule has 0 aliphatic carbocycles. The number of aromatic amines is 1. The first-order chi connectivity index (χ1) is 14.6. The highest BCUT2D eigenvalue weighted by molar-refractivity contribution is 5.68. The Hall–Kier alpha value is -3.15. The van der Waals surface area contributed by atoms with Gasteiger partial charge in [0.05, 0.1) is 0 Å². The minimum atomic E-state index is -1.26. The minimum Gasteiger partial charge on any atom is -0.463 e. The topological polar surface area (TPSA) is 146 Å². The number of nitrogens with zero attached hydrogens (tertiary/aromatic N) is 2. The van der Waals surface area contributed by atoms with Crippen LogP contribution in [0.3, 0.4) is 0 Å². The zero-order valence-corrected chi connectivity index (χ0v) is 18.1. The summed E-state index contributed by atoms with van der Waals surface area (Å²) in [5.41, 5.74) is -1.41. The third-order valence-electron chi connectivity index (χ3n) is 4.64. The number of carbonyl (C=O) groups is 3. The second kappa shape index (κ2) is 10.2. The fraction of sp³-hybridized carbons (Fsp3) is 0.632. The fourth-order valence-corrected chi connectivity index (χ4v) is 3.43. The van der Waals surface area contributed by atoms with E-state index >= 15 is 0 Å². The van der Waals surface area contributed by atoms with Crippen LogP contribution in [0.5, 0.6) is 0 Å². The molecule has 2 heterocycles. The lowest BCUT2D eigenvalue weighted by Crippen LogP contribution is -2.44. The number of hydrogen-bond donors (Lipinski definition) is 1. The Balaban J connectivity index is 2.62. The standard InChI is InChI=1S/C19H27N3O9/c1-6-21(7-2)15-8-14(26)20-19(27)22(15)18-17(30-12(5)25)16(29-11(4)24)13(31-18)9-28-10(3)23/h8,13,16-18H,6-7,9H2,1-5H3,(H,20,26,27)/t13-,16-,17-,18-/m1/s1. The number of esters is 3. The van der Waals surface area contributed by atoms with E-state index in [9.17, 15) is 24.0 Å². The van der Waals surface area contributed by atoms with E-state index in [1.165, 1.54) is 13.0 Å². The molecule has 12 heteroatoms. The summed E-state index contributed by atoms with van der Waals surface area (Å²) in [5, 5.41) is 0. The summed E-state index contributed by atoms with van der Waals surface area (Å²) < 4.78 is 22.7. The van der Waals surface area contributed by atoms with E-state index < -0.39 is 53.7 Å². The maximum atomic E-state index is 12.8. The molecule has 172 valence electrons. The maximum Gasteiger partial charge on any atom is 0.332 e. The Morgan fingerprint density at radius 3 is 2.13 bits per heavy atom. The van der Waals surface area contributed by atoms with Gasteiger partial charge in [-0.15, -0.1) is 0 Å². The van der Waals surface area contributed by atoms with Gasteiger partial charge in [0.2, 0.25) is 0 Å². The summed E-state index contributed by atoms with van der Waals surface area (Å²) in [5.74, 6) is -1.75. The molecule has 0 radical (unpaired) electrons. The van der Waals surface area contributed by atoms with Gasteiger partial charge in [-0.2, -0.15) is 0 Å². The van der Waals surface area contributed by atoms with Crippen molar-refractivity contribution in [2.45, 2.75) is 59.2 Å². The molecule has 1 aromatic rings. The summed E-state index contributed by atoms with van der Waals surface area (Å²) >= 11 is 0. The van der Waals surface area contributed by atoms with Crippen molar-refractivity contribution in [1.29, 1.82) is 0 Å². The normalized spacial score (nSPS) is 22.6. The summed E-state index contributed by atoms with van der Waals surface area (Å²) in [4.78, 5) is 63.4. The van der Waals surface area contributed by atoms with Crippen molar-refractivity contribution in [3.63, 3.8) is 0 Å². The first-order valence-electron chi connectivity index (χ1n) is 9.83. The Bertz CT molecular complexity index is 934. The number of aromatic nitrogens is 2. The van der Waals surface area contributed by atoms with E-state index in [0.717, 1.165) is 18.4 Å². The summed E-state index contributed by atoms with van der Waals surface area (Å²) in [6.07, 6.45) is -4.67. The van der Waals surface area contributed by atoms with Crippen molar-refractivity contribution in [3.05, 3.63) is 26.9 Å². The van der Waals surface area contributed by atoms with Crippen LogP contribution in [-0.4, -0.2) is 65.5 Å². The van der Waals surface area contributed by atoms with Crippen molar-refractivity contribution in [3.8, 4) is 0 Å². The van der Waals surface area contributed by atoms with Crippen LogP contribution in [0.1, 0.15) is 40.8 Å². The lowest BCUT2D eigenvalue weighted by Gasteiger charge is -2.29. The zero-order chi connectivity index (χ0) is 23.3. The van der Waals surface area contributed by atoms with Gasteiger partial charge in [-0.25, -0.2) is 9.36 Å². The summed E-state index contributed by atoms with van der Waals surface area (Å²) in [6, 6.07) is 1.23. The smallest absolute Gasteiger partial charge is 0.332 e. The van der Waals surface area contributed by atoms with Gasteiger partial charge < -0.3 is 23.8 Å². The summed E-state index contributed by atoms with van der Waals surface area (Å²) in [6.45, 7) is 7.81. The SMILES string of the molecule is CCN(CC)c1cc(=O)[nH]c(=O)n1[C@@H]1O[C@H](COC(C)=O)[C@@H](OC(C)=O)[C@H]1OC(C)=O. The average molecular weight is 441 g/mol. The number of H-pyrrole nitrogens is 1. The molecule has 1 aliphatic heterocycles. The van der Waals surface area contributed by atoms with Crippen LogP contribution >= 0.6 is 0 Å². The van der Waals surface area contributed by atoms with Gasteiger partial charge in [0.25, 0.3) is 5.56 Å². The van der Waals surface area contributed by atoms with Gasteiger partial charge >= 0.3 is 23.6 Å². The molecular weight excluding hydrogens is 414 g/mol. The fourth-order valence-electron chi connectivity index (χ4n) is 3.43. The molecule has 1 saturated heterocycles. The van der Waals surface area contributed by atoms with E-state index in [4.69, 9.17) is 18.9 Å². The average Bonchev–Trinajstić information content (AvgIpc) is 2.96. The molecule has 1 N–H and O–H groups in total. The number of anilines is 1. The first-order valence-corrected chi connectivity index (χ1v) is 9.83. The number of hydrogen-bond acceptors (Lipinski definition) is 10. The number of rotatable bonds is 8. The minimum absolute atomic E-state index is 0.232. The number of ether oxygens (including phenoxy) is 4. The quantitative estimate of drug-likeness (QED) is 0.421.